The van der Waals surface area contributed by atoms with Crippen LogP contribution in [-0.4, -0.2) is 65.4 Å². The number of aliphatic imine (C=N–C) groups is 1. The Labute approximate surface area is 355 Å². The molecule has 330 valence electrons. The zero-order valence-electron chi connectivity index (χ0n) is 34.3. The monoisotopic (exact) mass is 848 g/mol. The number of nitrogens with one attached hydrogen (secondary N) is 4. The SMILES string of the molecule is N=C(N)c1ccc(CC(C(=O)NC(C(=O)N[C@@H](CCCN=C(N)N)C(=O)NC(c2ccccc2)c2ccccc2)C2CCCCC2)C2CCCCC2)cc1.O=C(O)C(F)(F)F. The van der Waals surface area contributed by atoms with E-state index in [1.165, 1.54) is 0 Å². The molecule has 16 heteroatoms. The number of guanidine groups is 1. The third-order valence-electron chi connectivity index (χ3n) is 11.4. The van der Waals surface area contributed by atoms with Crippen molar-refractivity contribution in [3.05, 3.63) is 107 Å². The number of alkyl halides is 3. The Bertz CT molecular complexity index is 1860. The van der Waals surface area contributed by atoms with Gasteiger partial charge in [-0.15, -0.1) is 0 Å². The molecule has 2 aliphatic rings. The number of carboxylic acids is 1. The fourth-order valence-electron chi connectivity index (χ4n) is 8.14. The van der Waals surface area contributed by atoms with Gasteiger partial charge >= 0.3 is 12.1 Å². The number of halogens is 3. The van der Waals surface area contributed by atoms with Crippen molar-refractivity contribution in [2.75, 3.05) is 6.54 Å². The first-order valence-corrected chi connectivity index (χ1v) is 20.9. The molecule has 3 amide bonds. The van der Waals surface area contributed by atoms with Crippen LogP contribution in [0.1, 0.15) is 105 Å². The Morgan fingerprint density at radius 2 is 1.21 bits per heavy atom. The highest BCUT2D eigenvalue weighted by molar-refractivity contribution is 5.95. The van der Waals surface area contributed by atoms with E-state index in [0.29, 0.717) is 31.4 Å². The van der Waals surface area contributed by atoms with Crippen molar-refractivity contribution in [2.24, 2.45) is 39.9 Å². The van der Waals surface area contributed by atoms with Gasteiger partial charge in [-0.25, -0.2) is 4.79 Å². The summed E-state index contributed by atoms with van der Waals surface area (Å²) in [6.45, 7) is 0.308. The molecular weight excluding hydrogens is 790 g/mol. The minimum absolute atomic E-state index is 0.00309. The average Bonchev–Trinajstić information content (AvgIpc) is 3.25. The number of amidine groups is 1. The maximum Gasteiger partial charge on any atom is 0.490 e. The highest BCUT2D eigenvalue weighted by Crippen LogP contribution is 2.34. The van der Waals surface area contributed by atoms with E-state index < -0.39 is 30.3 Å². The van der Waals surface area contributed by atoms with Crippen molar-refractivity contribution in [3.8, 4) is 0 Å². The van der Waals surface area contributed by atoms with Gasteiger partial charge in [0.15, 0.2) is 5.96 Å². The Morgan fingerprint density at radius 3 is 1.69 bits per heavy atom. The summed E-state index contributed by atoms with van der Waals surface area (Å²) in [6.07, 6.45) is 6.16. The molecule has 11 N–H and O–H groups in total. The van der Waals surface area contributed by atoms with E-state index in [0.717, 1.165) is 80.9 Å². The number of aliphatic carboxylic acids is 1. The van der Waals surface area contributed by atoms with E-state index in [4.69, 9.17) is 32.5 Å². The van der Waals surface area contributed by atoms with Gasteiger partial charge in [-0.1, -0.05) is 123 Å². The van der Waals surface area contributed by atoms with E-state index in [2.05, 4.69) is 20.9 Å². The smallest absolute Gasteiger partial charge is 0.475 e. The first-order chi connectivity index (χ1) is 29.1. The number of carbonyl (C=O) groups is 4. The summed E-state index contributed by atoms with van der Waals surface area (Å²) < 4.78 is 31.7. The molecule has 0 heterocycles. The van der Waals surface area contributed by atoms with Gasteiger partial charge in [-0.05, 0) is 73.5 Å². The minimum atomic E-state index is -5.08. The number of carbonyl (C=O) groups excluding carboxylic acids is 3. The zero-order chi connectivity index (χ0) is 44.4. The first kappa shape index (κ1) is 47.7. The standard InChI is InChI=1S/C43H58N8O3.C2HF3O2/c44-39(45)34-25-23-29(24-26-34)28-35(30-14-5-1-6-15-30)40(52)51-38(33-20-11-4-12-21-33)42(54)49-36(22-13-27-48-43(46)47)41(53)50-37(31-16-7-2-8-17-31)32-18-9-3-10-19-32;3-2(4,5)1(6)7/h2-3,7-10,16-19,23-26,30,33,35-38H,1,4-6,11-15,20-22,27-28H2,(H3,44,45)(H,49,54)(H,50,53)(H,51,52)(H4,46,47,48);(H,6,7)/t35?,36-,38?;/m0./s1. The number of hydrogen-bond acceptors (Lipinski definition) is 6. The Hall–Kier alpha value is -5.93. The van der Waals surface area contributed by atoms with Crippen molar-refractivity contribution in [2.45, 2.75) is 108 Å². The highest BCUT2D eigenvalue weighted by atomic mass is 19.4. The zero-order valence-corrected chi connectivity index (χ0v) is 34.3. The van der Waals surface area contributed by atoms with Crippen LogP contribution in [0.2, 0.25) is 0 Å². The lowest BCUT2D eigenvalue weighted by molar-refractivity contribution is -0.192. The number of amides is 3. The number of hydrogen-bond donors (Lipinski definition) is 8. The second-order valence-electron chi connectivity index (χ2n) is 15.8. The van der Waals surface area contributed by atoms with Crippen molar-refractivity contribution < 1.29 is 37.5 Å². The quantitative estimate of drug-likeness (QED) is 0.0465. The topological polar surface area (TPSA) is 239 Å². The van der Waals surface area contributed by atoms with Crippen LogP contribution >= 0.6 is 0 Å². The maximum atomic E-state index is 14.5. The molecule has 5 rings (SSSR count). The molecule has 3 aromatic carbocycles. The third kappa shape index (κ3) is 15.6. The van der Waals surface area contributed by atoms with Crippen LogP contribution in [-0.2, 0) is 25.6 Å². The van der Waals surface area contributed by atoms with Crippen molar-refractivity contribution in [1.29, 1.82) is 5.41 Å². The second kappa shape index (κ2) is 23.8. The van der Waals surface area contributed by atoms with Crippen LogP contribution in [0.4, 0.5) is 13.2 Å². The predicted molar refractivity (Wildman–Crippen MR) is 228 cm³/mol. The Balaban J connectivity index is 0.00000107. The van der Waals surface area contributed by atoms with Gasteiger partial charge in [0.2, 0.25) is 17.7 Å². The number of nitrogens with two attached hydrogens (primary N) is 3. The number of carboxylic acid groups (broad SMARTS) is 1. The number of nitrogen functional groups attached to an aromatic ring is 1. The summed E-state index contributed by atoms with van der Waals surface area (Å²) in [7, 11) is 0. The largest absolute Gasteiger partial charge is 0.490 e. The molecule has 13 nitrogen and oxygen atoms in total. The molecule has 0 bridgehead atoms. The molecular formula is C45H59F3N8O5. The molecule has 0 saturated heterocycles. The molecule has 2 unspecified atom stereocenters. The van der Waals surface area contributed by atoms with Gasteiger partial charge in [0.05, 0.1) is 6.04 Å². The summed E-state index contributed by atoms with van der Waals surface area (Å²) >= 11 is 0. The maximum absolute atomic E-state index is 14.5. The Kier molecular flexibility index (Phi) is 18.6. The lowest BCUT2D eigenvalue weighted by Crippen LogP contribution is -2.57. The molecule has 2 saturated carbocycles. The summed E-state index contributed by atoms with van der Waals surface area (Å²) in [5.41, 5.74) is 20.3. The van der Waals surface area contributed by atoms with Gasteiger partial charge in [-0.3, -0.25) is 24.8 Å². The Morgan fingerprint density at radius 1 is 0.705 bits per heavy atom. The lowest BCUT2D eigenvalue weighted by Gasteiger charge is -2.35. The van der Waals surface area contributed by atoms with Crippen LogP contribution in [0.5, 0.6) is 0 Å². The van der Waals surface area contributed by atoms with Gasteiger partial charge in [0.1, 0.15) is 17.9 Å². The number of nitrogens with zero attached hydrogens (tertiary/aromatic N) is 1. The third-order valence-corrected chi connectivity index (χ3v) is 11.4. The van der Waals surface area contributed by atoms with Crippen molar-refractivity contribution in [3.63, 3.8) is 0 Å². The van der Waals surface area contributed by atoms with Gasteiger partial charge < -0.3 is 38.3 Å². The van der Waals surface area contributed by atoms with Gasteiger partial charge in [0, 0.05) is 18.0 Å². The van der Waals surface area contributed by atoms with Crippen LogP contribution in [0.15, 0.2) is 89.9 Å². The van der Waals surface area contributed by atoms with Gasteiger partial charge in [-0.2, -0.15) is 13.2 Å². The van der Waals surface area contributed by atoms with Crippen LogP contribution in [0.3, 0.4) is 0 Å². The van der Waals surface area contributed by atoms with Crippen molar-refractivity contribution in [1.82, 2.24) is 16.0 Å². The fraction of sp³-hybridized carbons (Fsp3) is 0.467. The molecule has 2 aliphatic carbocycles. The summed E-state index contributed by atoms with van der Waals surface area (Å²) in [5.74, 6) is -3.74. The van der Waals surface area contributed by atoms with E-state index in [-0.39, 0.29) is 47.3 Å². The molecule has 0 aliphatic heterocycles. The molecule has 0 radical (unpaired) electrons. The van der Waals surface area contributed by atoms with Crippen molar-refractivity contribution >= 4 is 35.5 Å². The molecule has 3 aromatic rings. The van der Waals surface area contributed by atoms with E-state index in [1.54, 1.807) is 0 Å². The molecule has 0 aromatic heterocycles. The number of rotatable bonds is 17. The summed E-state index contributed by atoms with van der Waals surface area (Å²) in [4.78, 5) is 56.2. The van der Waals surface area contributed by atoms with Crippen LogP contribution in [0, 0.1) is 23.2 Å². The average molecular weight is 849 g/mol. The van der Waals surface area contributed by atoms with Crippen LogP contribution in [0.25, 0.3) is 0 Å². The van der Waals surface area contributed by atoms with Gasteiger partial charge in [0.25, 0.3) is 0 Å². The molecule has 0 spiro atoms. The summed E-state index contributed by atoms with van der Waals surface area (Å²) in [5, 5.41) is 24.5. The van der Waals surface area contributed by atoms with E-state index >= 15 is 0 Å². The minimum Gasteiger partial charge on any atom is -0.475 e. The molecule has 3 atom stereocenters. The van der Waals surface area contributed by atoms with E-state index in [1.807, 2.05) is 84.9 Å². The molecule has 61 heavy (non-hydrogen) atoms. The predicted octanol–water partition coefficient (Wildman–Crippen LogP) is 5.85. The van der Waals surface area contributed by atoms with Crippen LogP contribution < -0.4 is 33.2 Å². The second-order valence-corrected chi connectivity index (χ2v) is 15.8. The van der Waals surface area contributed by atoms with E-state index in [9.17, 15) is 27.6 Å². The fourth-order valence-corrected chi connectivity index (χ4v) is 8.14. The molecule has 2 fully saturated rings. The lowest BCUT2D eigenvalue weighted by atomic mass is 9.76. The first-order valence-electron chi connectivity index (χ1n) is 20.9. The normalized spacial score (nSPS) is 16.1. The highest BCUT2D eigenvalue weighted by Gasteiger charge is 2.39. The summed E-state index contributed by atoms with van der Waals surface area (Å²) in [6, 6.07) is 24.9. The number of benzene rings is 3.